The van der Waals surface area contributed by atoms with Crippen molar-refractivity contribution in [3.05, 3.63) is 30.1 Å². The Bertz CT molecular complexity index is 451. The number of carboxylic acids is 1. The Labute approximate surface area is 110 Å². The topological polar surface area (TPSA) is 78.4 Å². The van der Waals surface area contributed by atoms with Crippen LogP contribution in [0.2, 0.25) is 0 Å². The van der Waals surface area contributed by atoms with E-state index >= 15 is 0 Å². The molecule has 19 heavy (non-hydrogen) atoms. The van der Waals surface area contributed by atoms with Crippen LogP contribution < -0.4 is 10.6 Å². The van der Waals surface area contributed by atoms with E-state index in [1.807, 2.05) is 6.92 Å². The Morgan fingerprint density at radius 1 is 1.42 bits per heavy atom. The molecule has 0 spiro atoms. The van der Waals surface area contributed by atoms with Gasteiger partial charge in [-0.25, -0.2) is 4.39 Å². The second-order valence-electron chi connectivity index (χ2n) is 4.12. The molecule has 0 radical (unpaired) electrons. The quantitative estimate of drug-likeness (QED) is 0.702. The molecular formula is C13H17FN2O3. The van der Waals surface area contributed by atoms with Gasteiger partial charge in [-0.1, -0.05) is 19.4 Å². The summed E-state index contributed by atoms with van der Waals surface area (Å²) in [6.07, 6.45) is 1.15. The van der Waals surface area contributed by atoms with E-state index in [-0.39, 0.29) is 6.54 Å². The summed E-state index contributed by atoms with van der Waals surface area (Å²) in [6.45, 7) is 1.73. The van der Waals surface area contributed by atoms with E-state index in [4.69, 9.17) is 5.11 Å². The zero-order valence-corrected chi connectivity index (χ0v) is 10.6. The average Bonchev–Trinajstić information content (AvgIpc) is 2.34. The van der Waals surface area contributed by atoms with Crippen molar-refractivity contribution in [2.45, 2.75) is 25.8 Å². The second-order valence-corrected chi connectivity index (χ2v) is 4.12. The van der Waals surface area contributed by atoms with E-state index in [0.29, 0.717) is 18.5 Å². The van der Waals surface area contributed by atoms with Gasteiger partial charge < -0.3 is 10.4 Å². The highest BCUT2D eigenvalue weighted by molar-refractivity contribution is 5.92. The smallest absolute Gasteiger partial charge is 0.320 e. The lowest BCUT2D eigenvalue weighted by molar-refractivity contribution is -0.139. The Balaban J connectivity index is 2.45. The number of hydrogen-bond acceptors (Lipinski definition) is 3. The Morgan fingerprint density at radius 3 is 2.74 bits per heavy atom. The van der Waals surface area contributed by atoms with Gasteiger partial charge in [0, 0.05) is 5.69 Å². The largest absolute Gasteiger partial charge is 0.480 e. The number of halogens is 1. The average molecular weight is 268 g/mol. The van der Waals surface area contributed by atoms with Crippen LogP contribution in [-0.4, -0.2) is 29.6 Å². The molecule has 0 aliphatic heterocycles. The molecule has 1 aromatic rings. The van der Waals surface area contributed by atoms with E-state index in [0.717, 1.165) is 0 Å². The summed E-state index contributed by atoms with van der Waals surface area (Å²) in [4.78, 5) is 22.4. The van der Waals surface area contributed by atoms with Gasteiger partial charge in [-0.15, -0.1) is 0 Å². The normalized spacial score (nSPS) is 11.9. The Hall–Kier alpha value is -1.95. The molecule has 104 valence electrons. The highest BCUT2D eigenvalue weighted by atomic mass is 19.1. The van der Waals surface area contributed by atoms with Crippen LogP contribution in [0.1, 0.15) is 19.8 Å². The zero-order chi connectivity index (χ0) is 14.3. The lowest BCUT2D eigenvalue weighted by atomic mass is 10.2. The first kappa shape index (κ1) is 15.1. The number of carboxylic acid groups (broad SMARTS) is 1. The van der Waals surface area contributed by atoms with Crippen molar-refractivity contribution in [2.24, 2.45) is 0 Å². The monoisotopic (exact) mass is 268 g/mol. The predicted molar refractivity (Wildman–Crippen MR) is 69.4 cm³/mol. The van der Waals surface area contributed by atoms with Gasteiger partial charge in [0.05, 0.1) is 6.54 Å². The summed E-state index contributed by atoms with van der Waals surface area (Å²) >= 11 is 0. The first-order valence-electron chi connectivity index (χ1n) is 6.04. The van der Waals surface area contributed by atoms with E-state index < -0.39 is 23.7 Å². The highest BCUT2D eigenvalue weighted by Crippen LogP contribution is 2.08. The number of anilines is 1. The van der Waals surface area contributed by atoms with Crippen molar-refractivity contribution in [1.82, 2.24) is 5.32 Å². The molecule has 1 atom stereocenters. The van der Waals surface area contributed by atoms with Gasteiger partial charge >= 0.3 is 5.97 Å². The van der Waals surface area contributed by atoms with Gasteiger partial charge in [0.2, 0.25) is 5.91 Å². The molecule has 0 aromatic heterocycles. The van der Waals surface area contributed by atoms with Gasteiger partial charge in [0.25, 0.3) is 0 Å². The fraction of sp³-hybridized carbons (Fsp3) is 0.385. The van der Waals surface area contributed by atoms with Crippen molar-refractivity contribution in [3.63, 3.8) is 0 Å². The van der Waals surface area contributed by atoms with Crippen LogP contribution in [0.5, 0.6) is 0 Å². The lowest BCUT2D eigenvalue weighted by Crippen LogP contribution is -2.41. The molecule has 0 aliphatic rings. The SMILES string of the molecule is CCC[C@H](NCC(=O)Nc1cccc(F)c1)C(=O)O. The van der Waals surface area contributed by atoms with Crippen LogP contribution in [0.3, 0.4) is 0 Å². The number of carbonyl (C=O) groups is 2. The second kappa shape index (κ2) is 7.48. The van der Waals surface area contributed by atoms with Crippen LogP contribution in [0.15, 0.2) is 24.3 Å². The van der Waals surface area contributed by atoms with Crippen LogP contribution >= 0.6 is 0 Å². The molecule has 1 amide bonds. The molecule has 0 fully saturated rings. The molecule has 1 aromatic carbocycles. The van der Waals surface area contributed by atoms with Crippen LogP contribution in [-0.2, 0) is 9.59 Å². The number of aliphatic carboxylic acids is 1. The summed E-state index contributed by atoms with van der Waals surface area (Å²) in [6, 6.07) is 4.76. The number of benzene rings is 1. The molecule has 0 heterocycles. The Kier molecular flexibility index (Phi) is 5.95. The minimum absolute atomic E-state index is 0.131. The maximum absolute atomic E-state index is 12.9. The fourth-order valence-corrected chi connectivity index (χ4v) is 1.59. The van der Waals surface area contributed by atoms with Crippen molar-refractivity contribution in [2.75, 3.05) is 11.9 Å². The van der Waals surface area contributed by atoms with Crippen molar-refractivity contribution >= 4 is 17.6 Å². The van der Waals surface area contributed by atoms with Gasteiger partial charge in [-0.2, -0.15) is 0 Å². The minimum Gasteiger partial charge on any atom is -0.480 e. The number of nitrogens with one attached hydrogen (secondary N) is 2. The van der Waals surface area contributed by atoms with E-state index in [1.165, 1.54) is 18.2 Å². The number of carbonyl (C=O) groups excluding carboxylic acids is 1. The van der Waals surface area contributed by atoms with E-state index in [2.05, 4.69) is 10.6 Å². The standard InChI is InChI=1S/C13H17FN2O3/c1-2-4-11(13(18)19)15-8-12(17)16-10-6-3-5-9(14)7-10/h3,5-7,11,15H,2,4,8H2,1H3,(H,16,17)(H,18,19)/t11-/m0/s1. The zero-order valence-electron chi connectivity index (χ0n) is 10.6. The third-order valence-corrected chi connectivity index (χ3v) is 2.49. The fourth-order valence-electron chi connectivity index (χ4n) is 1.59. The third kappa shape index (κ3) is 5.48. The van der Waals surface area contributed by atoms with Gasteiger partial charge in [0.1, 0.15) is 11.9 Å². The molecule has 0 unspecified atom stereocenters. The number of hydrogen-bond donors (Lipinski definition) is 3. The summed E-state index contributed by atoms with van der Waals surface area (Å²) in [5.74, 6) is -1.84. The lowest BCUT2D eigenvalue weighted by Gasteiger charge is -2.13. The maximum atomic E-state index is 12.9. The maximum Gasteiger partial charge on any atom is 0.320 e. The molecule has 0 saturated carbocycles. The van der Waals surface area contributed by atoms with Gasteiger partial charge in [-0.05, 0) is 24.6 Å². The van der Waals surface area contributed by atoms with Crippen molar-refractivity contribution < 1.29 is 19.1 Å². The Morgan fingerprint density at radius 2 is 2.16 bits per heavy atom. The summed E-state index contributed by atoms with van der Waals surface area (Å²) in [5, 5.41) is 14.0. The molecule has 0 aliphatic carbocycles. The van der Waals surface area contributed by atoms with E-state index in [9.17, 15) is 14.0 Å². The molecule has 5 nitrogen and oxygen atoms in total. The van der Waals surface area contributed by atoms with Gasteiger partial charge in [0.15, 0.2) is 0 Å². The number of amides is 1. The minimum atomic E-state index is -0.986. The van der Waals surface area contributed by atoms with Crippen molar-refractivity contribution in [3.8, 4) is 0 Å². The van der Waals surface area contributed by atoms with Gasteiger partial charge in [-0.3, -0.25) is 14.9 Å². The van der Waals surface area contributed by atoms with Crippen LogP contribution in [0.4, 0.5) is 10.1 Å². The third-order valence-electron chi connectivity index (χ3n) is 2.49. The molecule has 0 saturated heterocycles. The molecular weight excluding hydrogens is 251 g/mol. The molecule has 0 bridgehead atoms. The predicted octanol–water partition coefficient (Wildman–Crippen LogP) is 1.61. The van der Waals surface area contributed by atoms with Crippen LogP contribution in [0, 0.1) is 5.82 Å². The molecule has 3 N–H and O–H groups in total. The molecule has 1 rings (SSSR count). The van der Waals surface area contributed by atoms with Crippen molar-refractivity contribution in [1.29, 1.82) is 0 Å². The summed E-state index contributed by atoms with van der Waals surface area (Å²) in [7, 11) is 0. The summed E-state index contributed by atoms with van der Waals surface area (Å²) in [5.41, 5.74) is 0.342. The first-order valence-corrected chi connectivity index (χ1v) is 6.04. The van der Waals surface area contributed by atoms with Crippen LogP contribution in [0.25, 0.3) is 0 Å². The highest BCUT2D eigenvalue weighted by Gasteiger charge is 2.16. The first-order chi connectivity index (χ1) is 9.02. The summed E-state index contributed by atoms with van der Waals surface area (Å²) < 4.78 is 12.9. The molecule has 6 heteroatoms. The van der Waals surface area contributed by atoms with E-state index in [1.54, 1.807) is 6.07 Å². The number of rotatable bonds is 7.